The van der Waals surface area contributed by atoms with Gasteiger partial charge in [0, 0.05) is 35.2 Å². The normalized spacial score (nSPS) is 21.2. The fraction of sp³-hybridized carbons (Fsp3) is 0.263. The Hall–Kier alpha value is -2.60. The van der Waals surface area contributed by atoms with Crippen molar-refractivity contribution in [1.82, 2.24) is 19.9 Å². The van der Waals surface area contributed by atoms with Crippen LogP contribution in [0, 0.1) is 0 Å². The molecule has 2 aliphatic heterocycles. The van der Waals surface area contributed by atoms with Crippen LogP contribution in [0.25, 0.3) is 10.6 Å². The molecule has 0 aliphatic carbocycles. The Morgan fingerprint density at radius 2 is 2.08 bits per heavy atom. The highest BCUT2D eigenvalue weighted by molar-refractivity contribution is 7.13. The van der Waals surface area contributed by atoms with Gasteiger partial charge in [0.2, 0.25) is 0 Å². The summed E-state index contributed by atoms with van der Waals surface area (Å²) >= 11 is 1.52. The fourth-order valence-electron chi connectivity index (χ4n) is 3.95. The summed E-state index contributed by atoms with van der Waals surface area (Å²) in [4.78, 5) is 28.3. The Labute approximate surface area is 149 Å². The number of nitrogens with zero attached hydrogens (tertiary/aromatic N) is 4. The smallest absolute Gasteiger partial charge is 0.274 e. The molecule has 25 heavy (non-hydrogen) atoms. The van der Waals surface area contributed by atoms with Crippen molar-refractivity contribution >= 4 is 17.2 Å². The number of thiazole rings is 1. The van der Waals surface area contributed by atoms with Crippen LogP contribution in [-0.2, 0) is 6.42 Å². The molecule has 0 radical (unpaired) electrons. The summed E-state index contributed by atoms with van der Waals surface area (Å²) in [6, 6.07) is 10.3. The van der Waals surface area contributed by atoms with Gasteiger partial charge in [-0.05, 0) is 12.8 Å². The van der Waals surface area contributed by atoms with Gasteiger partial charge in [-0.1, -0.05) is 30.3 Å². The Kier molecular flexibility index (Phi) is 3.38. The minimum atomic E-state index is 0.0282. The van der Waals surface area contributed by atoms with Crippen molar-refractivity contribution in [3.8, 4) is 10.6 Å². The zero-order valence-electron chi connectivity index (χ0n) is 13.5. The molecule has 2 aromatic heterocycles. The van der Waals surface area contributed by atoms with E-state index in [2.05, 4.69) is 15.0 Å². The van der Waals surface area contributed by atoms with Crippen molar-refractivity contribution in [1.29, 1.82) is 0 Å². The van der Waals surface area contributed by atoms with E-state index in [1.165, 1.54) is 11.3 Å². The van der Waals surface area contributed by atoms with Gasteiger partial charge in [0.15, 0.2) is 0 Å². The zero-order chi connectivity index (χ0) is 16.8. The lowest BCUT2D eigenvalue weighted by atomic mass is 9.99. The van der Waals surface area contributed by atoms with Crippen LogP contribution in [0.1, 0.15) is 40.6 Å². The third kappa shape index (κ3) is 2.36. The van der Waals surface area contributed by atoms with Gasteiger partial charge in [-0.3, -0.25) is 4.79 Å². The molecule has 0 spiro atoms. The summed E-state index contributed by atoms with van der Waals surface area (Å²) < 4.78 is 0. The van der Waals surface area contributed by atoms with Gasteiger partial charge in [-0.2, -0.15) is 0 Å². The number of hydrogen-bond donors (Lipinski definition) is 0. The van der Waals surface area contributed by atoms with Crippen molar-refractivity contribution in [2.24, 2.45) is 0 Å². The average molecular weight is 348 g/mol. The number of fused-ring (bicyclic) bond motifs is 4. The maximum absolute atomic E-state index is 13.1. The molecule has 2 atom stereocenters. The van der Waals surface area contributed by atoms with Crippen LogP contribution in [-0.4, -0.2) is 31.8 Å². The van der Waals surface area contributed by atoms with E-state index in [1.54, 1.807) is 6.33 Å². The Morgan fingerprint density at radius 3 is 2.96 bits per heavy atom. The lowest BCUT2D eigenvalue weighted by molar-refractivity contribution is 0.0638. The quantitative estimate of drug-likeness (QED) is 0.711. The van der Waals surface area contributed by atoms with Crippen molar-refractivity contribution in [2.45, 2.75) is 31.3 Å². The summed E-state index contributed by atoms with van der Waals surface area (Å²) in [5.41, 5.74) is 3.78. The molecule has 5 rings (SSSR count). The van der Waals surface area contributed by atoms with E-state index in [0.717, 1.165) is 41.1 Å². The molecular formula is C19H16N4OS. The Morgan fingerprint density at radius 1 is 1.20 bits per heavy atom. The molecule has 1 fully saturated rings. The fourth-order valence-corrected chi connectivity index (χ4v) is 4.75. The van der Waals surface area contributed by atoms with Crippen LogP contribution in [0.15, 0.2) is 48.2 Å². The maximum Gasteiger partial charge on any atom is 0.274 e. The van der Waals surface area contributed by atoms with Gasteiger partial charge >= 0.3 is 0 Å². The molecular weight excluding hydrogens is 332 g/mol. The van der Waals surface area contributed by atoms with E-state index in [0.29, 0.717) is 5.69 Å². The highest BCUT2D eigenvalue weighted by Gasteiger charge is 2.43. The zero-order valence-corrected chi connectivity index (χ0v) is 14.3. The van der Waals surface area contributed by atoms with Gasteiger partial charge in [-0.15, -0.1) is 11.3 Å². The predicted molar refractivity (Wildman–Crippen MR) is 95.2 cm³/mol. The largest absolute Gasteiger partial charge is 0.327 e. The number of carbonyl (C=O) groups excluding carboxylic acids is 1. The van der Waals surface area contributed by atoms with Crippen molar-refractivity contribution in [2.75, 3.05) is 0 Å². The number of rotatable bonds is 2. The first-order chi connectivity index (χ1) is 12.3. The van der Waals surface area contributed by atoms with E-state index < -0.39 is 0 Å². The van der Waals surface area contributed by atoms with Gasteiger partial charge in [0.1, 0.15) is 17.0 Å². The molecule has 2 unspecified atom stereocenters. The molecule has 5 nitrogen and oxygen atoms in total. The van der Waals surface area contributed by atoms with E-state index in [9.17, 15) is 4.79 Å². The Balaban J connectivity index is 1.47. The molecule has 2 bridgehead atoms. The van der Waals surface area contributed by atoms with Crippen molar-refractivity contribution in [3.05, 3.63) is 65.2 Å². The summed E-state index contributed by atoms with van der Waals surface area (Å²) in [6.07, 6.45) is 6.28. The van der Waals surface area contributed by atoms with Crippen LogP contribution >= 0.6 is 11.3 Å². The van der Waals surface area contributed by atoms with Crippen molar-refractivity contribution < 1.29 is 4.79 Å². The minimum Gasteiger partial charge on any atom is -0.327 e. The van der Waals surface area contributed by atoms with Gasteiger partial charge in [-0.25, -0.2) is 15.0 Å². The van der Waals surface area contributed by atoms with Crippen LogP contribution in [0.5, 0.6) is 0 Å². The molecule has 6 heteroatoms. The average Bonchev–Trinajstić information content (AvgIpc) is 3.27. The van der Waals surface area contributed by atoms with E-state index in [-0.39, 0.29) is 18.0 Å². The number of aromatic nitrogens is 3. The van der Waals surface area contributed by atoms with Crippen LogP contribution < -0.4 is 0 Å². The van der Waals surface area contributed by atoms with Gasteiger partial charge in [0.05, 0.1) is 11.7 Å². The number of hydrogen-bond acceptors (Lipinski definition) is 5. The number of amides is 1. The maximum atomic E-state index is 13.1. The summed E-state index contributed by atoms with van der Waals surface area (Å²) in [6.45, 7) is 0. The summed E-state index contributed by atoms with van der Waals surface area (Å²) in [7, 11) is 0. The molecule has 0 N–H and O–H groups in total. The minimum absolute atomic E-state index is 0.0282. The second-order valence-corrected chi connectivity index (χ2v) is 7.35. The Bertz CT molecular complexity index is 939. The number of carbonyl (C=O) groups is 1. The first-order valence-corrected chi connectivity index (χ1v) is 9.31. The predicted octanol–water partition coefficient (Wildman–Crippen LogP) is 3.50. The highest BCUT2D eigenvalue weighted by atomic mass is 32.1. The standard InChI is InChI=1S/C19H16N4OS/c24-19(16-10-25-18(22-16)12-4-2-1-3-5-12)23-13-6-7-17(23)14-9-20-11-21-15(14)8-13/h1-5,9-11,13,17H,6-8H2. The third-order valence-corrected chi connectivity index (χ3v) is 5.99. The summed E-state index contributed by atoms with van der Waals surface area (Å²) in [5, 5.41) is 2.76. The third-order valence-electron chi connectivity index (χ3n) is 5.10. The van der Waals surface area contributed by atoms with Gasteiger partial charge in [0.25, 0.3) is 5.91 Å². The van der Waals surface area contributed by atoms with Crippen molar-refractivity contribution in [3.63, 3.8) is 0 Å². The van der Waals surface area contributed by atoms with E-state index in [4.69, 9.17) is 0 Å². The second-order valence-electron chi connectivity index (χ2n) is 6.49. The van der Waals surface area contributed by atoms with Gasteiger partial charge < -0.3 is 4.90 Å². The second kappa shape index (κ2) is 5.74. The molecule has 1 saturated heterocycles. The number of benzene rings is 1. The first-order valence-electron chi connectivity index (χ1n) is 8.43. The molecule has 0 saturated carbocycles. The lowest BCUT2D eigenvalue weighted by Gasteiger charge is -2.35. The highest BCUT2D eigenvalue weighted by Crippen LogP contribution is 2.43. The monoisotopic (exact) mass is 348 g/mol. The first kappa shape index (κ1) is 14.7. The molecule has 4 heterocycles. The molecule has 3 aromatic rings. The summed E-state index contributed by atoms with van der Waals surface area (Å²) in [5.74, 6) is 0.0282. The molecule has 2 aliphatic rings. The van der Waals surface area contributed by atoms with E-state index >= 15 is 0 Å². The van der Waals surface area contributed by atoms with Crippen LogP contribution in [0.4, 0.5) is 0 Å². The van der Waals surface area contributed by atoms with Crippen LogP contribution in [0.2, 0.25) is 0 Å². The molecule has 1 aromatic carbocycles. The van der Waals surface area contributed by atoms with Crippen LogP contribution in [0.3, 0.4) is 0 Å². The lowest BCUT2D eigenvalue weighted by Crippen LogP contribution is -2.42. The van der Waals surface area contributed by atoms with E-state index in [1.807, 2.05) is 46.8 Å². The SMILES string of the molecule is O=C(c1csc(-c2ccccc2)n1)N1C2CCC1c1cncnc1C2. The topological polar surface area (TPSA) is 59.0 Å². The molecule has 124 valence electrons. The molecule has 1 amide bonds.